The molecule has 0 unspecified atom stereocenters. The van der Waals surface area contributed by atoms with Crippen LogP contribution in [0.4, 0.5) is 0 Å². The molecule has 0 aliphatic carbocycles. The zero-order chi connectivity index (χ0) is 16.9. The molecule has 2 aliphatic rings. The van der Waals surface area contributed by atoms with Gasteiger partial charge in [0, 0.05) is 17.9 Å². The van der Waals surface area contributed by atoms with Crippen LogP contribution in [0.15, 0.2) is 12.4 Å². The molecule has 0 aromatic carbocycles. The third-order valence-corrected chi connectivity index (χ3v) is 5.40. The number of aliphatic carboxylic acids is 1. The molecule has 23 heavy (non-hydrogen) atoms. The number of aromatic nitrogens is 2. The van der Waals surface area contributed by atoms with E-state index < -0.39 is 29.8 Å². The molecule has 7 nitrogen and oxygen atoms in total. The molecule has 0 spiro atoms. The third-order valence-electron chi connectivity index (χ3n) is 5.40. The Morgan fingerprint density at radius 3 is 2.35 bits per heavy atom. The molecule has 0 atom stereocenters. The average Bonchev–Trinajstić information content (AvgIpc) is 3.03. The van der Waals surface area contributed by atoms with Crippen molar-refractivity contribution < 1.29 is 19.2 Å². The highest BCUT2D eigenvalue weighted by Crippen LogP contribution is 2.36. The van der Waals surface area contributed by atoms with Crippen molar-refractivity contribution in [2.45, 2.75) is 57.3 Å². The first-order valence-electron chi connectivity index (χ1n) is 8.03. The molecule has 0 amide bonds. The smallest absolute Gasteiger partial charge is 0.479 e. The summed E-state index contributed by atoms with van der Waals surface area (Å²) in [6.45, 7) is 9.29. The van der Waals surface area contributed by atoms with Gasteiger partial charge in [0.2, 0.25) is 0 Å². The summed E-state index contributed by atoms with van der Waals surface area (Å²) in [5.74, 6) is -0.845. The van der Waals surface area contributed by atoms with E-state index in [9.17, 15) is 9.90 Å². The van der Waals surface area contributed by atoms with Crippen LogP contribution in [0.1, 0.15) is 40.5 Å². The number of rotatable bonds is 3. The van der Waals surface area contributed by atoms with E-state index in [1.165, 1.54) is 0 Å². The predicted molar refractivity (Wildman–Crippen MR) is 85.7 cm³/mol. The van der Waals surface area contributed by atoms with Gasteiger partial charge in [0.05, 0.1) is 11.2 Å². The van der Waals surface area contributed by atoms with E-state index in [0.29, 0.717) is 25.9 Å². The Kier molecular flexibility index (Phi) is 3.82. The summed E-state index contributed by atoms with van der Waals surface area (Å²) in [4.78, 5) is 11.9. The topological polar surface area (TPSA) is 85.6 Å². The molecule has 2 saturated heterocycles. The van der Waals surface area contributed by atoms with Crippen LogP contribution in [-0.2, 0) is 19.6 Å². The number of hydrogen-bond donors (Lipinski definition) is 2. The van der Waals surface area contributed by atoms with Crippen LogP contribution in [0, 0.1) is 0 Å². The summed E-state index contributed by atoms with van der Waals surface area (Å²) in [7, 11) is -0.527. The third kappa shape index (κ3) is 2.58. The van der Waals surface area contributed by atoms with Gasteiger partial charge in [0.25, 0.3) is 0 Å². The molecule has 126 valence electrons. The Hall–Kier alpha value is -1.38. The van der Waals surface area contributed by atoms with E-state index in [4.69, 9.17) is 9.31 Å². The number of nitrogens with one attached hydrogen (secondary N) is 1. The fourth-order valence-electron chi connectivity index (χ4n) is 3.05. The Bertz CT molecular complexity index is 592. The van der Waals surface area contributed by atoms with E-state index in [-0.39, 0.29) is 0 Å². The SMILES string of the molecule is CC1(C)OB(c2cnn(C3(C(=O)O)CCNCC3)c2)OC1(C)C. The molecule has 0 bridgehead atoms. The van der Waals surface area contributed by atoms with Gasteiger partial charge in [-0.15, -0.1) is 0 Å². The van der Waals surface area contributed by atoms with Gasteiger partial charge in [0.15, 0.2) is 5.54 Å². The summed E-state index contributed by atoms with van der Waals surface area (Å²) in [5, 5.41) is 17.2. The number of carbonyl (C=O) groups is 1. The molecule has 8 heteroatoms. The monoisotopic (exact) mass is 321 g/mol. The predicted octanol–water partition coefficient (Wildman–Crippen LogP) is 0.346. The minimum absolute atomic E-state index is 0.432. The van der Waals surface area contributed by atoms with Crippen molar-refractivity contribution in [1.82, 2.24) is 15.1 Å². The number of hydrogen-bond acceptors (Lipinski definition) is 5. The number of carboxylic acids is 1. The maximum absolute atomic E-state index is 11.9. The fourth-order valence-corrected chi connectivity index (χ4v) is 3.05. The van der Waals surface area contributed by atoms with E-state index in [0.717, 1.165) is 5.46 Å². The van der Waals surface area contributed by atoms with Crippen molar-refractivity contribution in [3.8, 4) is 0 Å². The van der Waals surface area contributed by atoms with Gasteiger partial charge in [-0.25, -0.2) is 4.79 Å². The van der Waals surface area contributed by atoms with Crippen molar-refractivity contribution >= 4 is 18.6 Å². The zero-order valence-electron chi connectivity index (χ0n) is 14.1. The van der Waals surface area contributed by atoms with E-state index in [1.807, 2.05) is 27.7 Å². The van der Waals surface area contributed by atoms with Crippen LogP contribution in [-0.4, -0.2) is 52.3 Å². The van der Waals surface area contributed by atoms with Crippen molar-refractivity contribution in [3.63, 3.8) is 0 Å². The Morgan fingerprint density at radius 1 is 1.26 bits per heavy atom. The molecular weight excluding hydrogens is 297 g/mol. The average molecular weight is 321 g/mol. The molecule has 3 rings (SSSR count). The first-order valence-corrected chi connectivity index (χ1v) is 8.03. The maximum atomic E-state index is 11.9. The fraction of sp³-hybridized carbons (Fsp3) is 0.733. The van der Waals surface area contributed by atoms with Gasteiger partial charge in [-0.1, -0.05) is 0 Å². The van der Waals surface area contributed by atoms with Crippen LogP contribution in [0.5, 0.6) is 0 Å². The van der Waals surface area contributed by atoms with Gasteiger partial charge < -0.3 is 19.7 Å². The molecular formula is C15H24BN3O4. The lowest BCUT2D eigenvalue weighted by Crippen LogP contribution is -2.50. The first kappa shape index (κ1) is 16.5. The van der Waals surface area contributed by atoms with Crippen LogP contribution < -0.4 is 10.8 Å². The van der Waals surface area contributed by atoms with Crippen molar-refractivity contribution in [3.05, 3.63) is 12.4 Å². The standard InChI is InChI=1S/C15H24BN3O4/c1-13(2)14(3,4)23-16(22-13)11-9-18-19(10-11)15(12(20)21)5-7-17-8-6-15/h9-10,17H,5-8H2,1-4H3,(H,20,21). The minimum Gasteiger partial charge on any atom is -0.479 e. The summed E-state index contributed by atoms with van der Waals surface area (Å²) >= 11 is 0. The highest BCUT2D eigenvalue weighted by molar-refractivity contribution is 6.62. The van der Waals surface area contributed by atoms with Crippen molar-refractivity contribution in [1.29, 1.82) is 0 Å². The normalized spacial score (nSPS) is 25.5. The van der Waals surface area contributed by atoms with Gasteiger partial charge in [-0.2, -0.15) is 5.10 Å². The zero-order valence-corrected chi connectivity index (χ0v) is 14.1. The lowest BCUT2D eigenvalue weighted by Gasteiger charge is -2.33. The second-order valence-corrected chi connectivity index (χ2v) is 7.39. The minimum atomic E-state index is -0.993. The van der Waals surface area contributed by atoms with E-state index in [2.05, 4.69) is 10.4 Å². The van der Waals surface area contributed by atoms with Crippen molar-refractivity contribution in [2.75, 3.05) is 13.1 Å². The van der Waals surface area contributed by atoms with Crippen LogP contribution in [0.2, 0.25) is 0 Å². The molecule has 3 heterocycles. The highest BCUT2D eigenvalue weighted by atomic mass is 16.7. The quantitative estimate of drug-likeness (QED) is 0.781. The largest absolute Gasteiger partial charge is 0.498 e. The molecule has 0 radical (unpaired) electrons. The molecule has 1 aromatic heterocycles. The van der Waals surface area contributed by atoms with Gasteiger partial charge in [-0.05, 0) is 53.6 Å². The van der Waals surface area contributed by atoms with Crippen LogP contribution >= 0.6 is 0 Å². The Morgan fingerprint density at radius 2 is 1.83 bits per heavy atom. The second kappa shape index (κ2) is 5.32. The highest BCUT2D eigenvalue weighted by Gasteiger charge is 2.52. The van der Waals surface area contributed by atoms with Crippen LogP contribution in [0.25, 0.3) is 0 Å². The van der Waals surface area contributed by atoms with Gasteiger partial charge in [-0.3, -0.25) is 4.68 Å². The molecule has 1 aromatic rings. The van der Waals surface area contributed by atoms with E-state index in [1.54, 1.807) is 17.1 Å². The Labute approximate surface area is 136 Å². The van der Waals surface area contributed by atoms with Gasteiger partial charge >= 0.3 is 13.1 Å². The number of nitrogens with zero attached hydrogens (tertiary/aromatic N) is 2. The summed E-state index contributed by atoms with van der Waals surface area (Å²) < 4.78 is 13.6. The molecule has 2 aliphatic heterocycles. The summed E-state index contributed by atoms with van der Waals surface area (Å²) in [6, 6.07) is 0. The summed E-state index contributed by atoms with van der Waals surface area (Å²) in [5.41, 5.74) is -1.10. The number of carboxylic acid groups (broad SMARTS) is 1. The first-order chi connectivity index (χ1) is 10.7. The van der Waals surface area contributed by atoms with Gasteiger partial charge in [0.1, 0.15) is 0 Å². The van der Waals surface area contributed by atoms with Crippen molar-refractivity contribution in [2.24, 2.45) is 0 Å². The van der Waals surface area contributed by atoms with E-state index >= 15 is 0 Å². The molecule has 2 N–H and O–H groups in total. The molecule has 0 saturated carbocycles. The summed E-state index contributed by atoms with van der Waals surface area (Å²) in [6.07, 6.45) is 4.41. The number of piperidine rings is 1. The Balaban J connectivity index is 1.88. The lowest BCUT2D eigenvalue weighted by molar-refractivity contribution is -0.149. The molecule has 2 fully saturated rings. The van der Waals surface area contributed by atoms with Crippen LogP contribution in [0.3, 0.4) is 0 Å². The lowest BCUT2D eigenvalue weighted by atomic mass is 9.81. The maximum Gasteiger partial charge on any atom is 0.498 e. The second-order valence-electron chi connectivity index (χ2n) is 7.39.